The number of anilines is 1. The minimum absolute atomic E-state index is 0.0694. The first-order valence-corrected chi connectivity index (χ1v) is 7.34. The van der Waals surface area contributed by atoms with E-state index in [-0.39, 0.29) is 5.91 Å². The fourth-order valence-corrected chi connectivity index (χ4v) is 2.33. The van der Waals surface area contributed by atoms with Crippen molar-refractivity contribution in [2.24, 2.45) is 0 Å². The highest BCUT2D eigenvalue weighted by Crippen LogP contribution is 2.17. The molecule has 1 amide bonds. The van der Waals surface area contributed by atoms with Gasteiger partial charge in [-0.1, -0.05) is 13.0 Å². The topological polar surface area (TPSA) is 29.1 Å². The van der Waals surface area contributed by atoms with Gasteiger partial charge in [0.25, 0.3) is 5.91 Å². The van der Waals surface area contributed by atoms with Gasteiger partial charge in [0.2, 0.25) is 0 Å². The molecule has 19 heavy (non-hydrogen) atoms. The van der Waals surface area contributed by atoms with E-state index in [1.807, 2.05) is 36.4 Å². The van der Waals surface area contributed by atoms with Crippen molar-refractivity contribution in [3.63, 3.8) is 0 Å². The second-order valence-electron chi connectivity index (χ2n) is 4.46. The molecule has 0 aliphatic heterocycles. The van der Waals surface area contributed by atoms with Gasteiger partial charge in [-0.2, -0.15) is 0 Å². The Kier molecular flexibility index (Phi) is 4.58. The molecule has 2 rings (SSSR count). The zero-order valence-corrected chi connectivity index (χ0v) is 13.2. The molecule has 0 fully saturated rings. The minimum Gasteiger partial charge on any atom is -0.322 e. The van der Waals surface area contributed by atoms with Gasteiger partial charge in [-0.15, -0.1) is 0 Å². The van der Waals surface area contributed by atoms with Gasteiger partial charge in [-0.05, 0) is 83.5 Å². The lowest BCUT2D eigenvalue weighted by atomic mass is 10.1. The highest BCUT2D eigenvalue weighted by Gasteiger charge is 2.06. The van der Waals surface area contributed by atoms with E-state index >= 15 is 0 Å². The summed E-state index contributed by atoms with van der Waals surface area (Å²) in [6.07, 6.45) is 1.01. The summed E-state index contributed by atoms with van der Waals surface area (Å²) in [5, 5.41) is 2.93. The molecule has 0 spiro atoms. The van der Waals surface area contributed by atoms with E-state index in [4.69, 9.17) is 0 Å². The van der Waals surface area contributed by atoms with Gasteiger partial charge < -0.3 is 5.32 Å². The van der Waals surface area contributed by atoms with Crippen LogP contribution >= 0.6 is 22.6 Å². The predicted octanol–water partition coefficient (Wildman–Crippen LogP) is 4.41. The molecule has 3 heteroatoms. The van der Waals surface area contributed by atoms with Gasteiger partial charge >= 0.3 is 0 Å². The SMILES string of the molecule is CCc1ccc(NC(=O)c2ccc(I)cc2)cc1C. The van der Waals surface area contributed by atoms with Crippen molar-refractivity contribution in [1.29, 1.82) is 0 Å². The Morgan fingerprint density at radius 1 is 1.16 bits per heavy atom. The molecule has 0 heterocycles. The van der Waals surface area contributed by atoms with Crippen LogP contribution in [0.2, 0.25) is 0 Å². The Labute approximate surface area is 127 Å². The maximum absolute atomic E-state index is 12.1. The monoisotopic (exact) mass is 365 g/mol. The second-order valence-corrected chi connectivity index (χ2v) is 5.70. The summed E-state index contributed by atoms with van der Waals surface area (Å²) in [6, 6.07) is 13.6. The van der Waals surface area contributed by atoms with E-state index in [2.05, 4.69) is 47.8 Å². The summed E-state index contributed by atoms with van der Waals surface area (Å²) in [4.78, 5) is 12.1. The van der Waals surface area contributed by atoms with E-state index in [9.17, 15) is 4.79 Å². The summed E-state index contributed by atoms with van der Waals surface area (Å²) >= 11 is 2.22. The van der Waals surface area contributed by atoms with Gasteiger partial charge in [0.1, 0.15) is 0 Å². The summed E-state index contributed by atoms with van der Waals surface area (Å²) in [6.45, 7) is 4.20. The molecule has 0 aromatic heterocycles. The maximum Gasteiger partial charge on any atom is 0.255 e. The normalized spacial score (nSPS) is 10.3. The molecule has 0 aliphatic carbocycles. The number of halogens is 1. The molecular formula is C16H16INO. The predicted molar refractivity (Wildman–Crippen MR) is 87.7 cm³/mol. The molecule has 2 nitrogen and oxygen atoms in total. The third-order valence-corrected chi connectivity index (χ3v) is 3.81. The molecule has 98 valence electrons. The van der Waals surface area contributed by atoms with Crippen LogP contribution in [-0.2, 0) is 6.42 Å². The van der Waals surface area contributed by atoms with Crippen LogP contribution in [0.4, 0.5) is 5.69 Å². The standard InChI is InChI=1S/C16H16INO/c1-3-12-6-9-15(10-11(12)2)18-16(19)13-4-7-14(17)8-5-13/h4-10H,3H2,1-2H3,(H,18,19). The molecule has 0 saturated heterocycles. The molecule has 0 bridgehead atoms. The minimum atomic E-state index is -0.0694. The molecule has 0 atom stereocenters. The second kappa shape index (κ2) is 6.19. The molecule has 2 aromatic rings. The number of hydrogen-bond donors (Lipinski definition) is 1. The van der Waals surface area contributed by atoms with E-state index in [0.29, 0.717) is 5.56 Å². The average Bonchev–Trinajstić information content (AvgIpc) is 2.39. The van der Waals surface area contributed by atoms with E-state index in [1.165, 1.54) is 11.1 Å². The molecular weight excluding hydrogens is 349 g/mol. The van der Waals surface area contributed by atoms with Crippen molar-refractivity contribution in [2.75, 3.05) is 5.32 Å². The number of amides is 1. The van der Waals surface area contributed by atoms with Gasteiger partial charge in [0.05, 0.1) is 0 Å². The quantitative estimate of drug-likeness (QED) is 0.802. The van der Waals surface area contributed by atoms with Gasteiger partial charge in [0, 0.05) is 14.8 Å². The van der Waals surface area contributed by atoms with Crippen molar-refractivity contribution in [3.8, 4) is 0 Å². The number of benzene rings is 2. The van der Waals surface area contributed by atoms with Crippen molar-refractivity contribution < 1.29 is 4.79 Å². The van der Waals surface area contributed by atoms with E-state index < -0.39 is 0 Å². The fraction of sp³-hybridized carbons (Fsp3) is 0.188. The Bertz CT molecular complexity index is 590. The van der Waals surface area contributed by atoms with Crippen molar-refractivity contribution in [3.05, 3.63) is 62.7 Å². The van der Waals surface area contributed by atoms with Crippen LogP contribution in [0, 0.1) is 10.5 Å². The number of nitrogens with one attached hydrogen (secondary N) is 1. The first kappa shape index (κ1) is 14.1. The number of carbonyl (C=O) groups is 1. The summed E-state index contributed by atoms with van der Waals surface area (Å²) < 4.78 is 1.12. The smallest absolute Gasteiger partial charge is 0.255 e. The van der Waals surface area contributed by atoms with Crippen LogP contribution in [0.5, 0.6) is 0 Å². The van der Waals surface area contributed by atoms with Gasteiger partial charge in [0.15, 0.2) is 0 Å². The fourth-order valence-electron chi connectivity index (χ4n) is 1.97. The first-order valence-electron chi connectivity index (χ1n) is 6.26. The Morgan fingerprint density at radius 3 is 2.42 bits per heavy atom. The summed E-state index contributed by atoms with van der Waals surface area (Å²) in [5.41, 5.74) is 4.05. The molecule has 0 radical (unpaired) electrons. The number of carbonyl (C=O) groups excluding carboxylic acids is 1. The molecule has 0 unspecified atom stereocenters. The van der Waals surface area contributed by atoms with Crippen LogP contribution in [0.15, 0.2) is 42.5 Å². The van der Waals surface area contributed by atoms with Crippen LogP contribution in [0.1, 0.15) is 28.4 Å². The number of hydrogen-bond acceptors (Lipinski definition) is 1. The lowest BCUT2D eigenvalue weighted by molar-refractivity contribution is 0.102. The van der Waals surface area contributed by atoms with Crippen LogP contribution in [0.25, 0.3) is 0 Å². The van der Waals surface area contributed by atoms with Crippen LogP contribution in [0.3, 0.4) is 0 Å². The van der Waals surface area contributed by atoms with Crippen LogP contribution in [-0.4, -0.2) is 5.91 Å². The maximum atomic E-state index is 12.1. The van der Waals surface area contributed by atoms with Gasteiger partial charge in [-0.3, -0.25) is 4.79 Å². The summed E-state index contributed by atoms with van der Waals surface area (Å²) in [5.74, 6) is -0.0694. The Morgan fingerprint density at radius 2 is 1.84 bits per heavy atom. The lowest BCUT2D eigenvalue weighted by Gasteiger charge is -2.09. The zero-order valence-electron chi connectivity index (χ0n) is 11.0. The van der Waals surface area contributed by atoms with Gasteiger partial charge in [-0.25, -0.2) is 0 Å². The van der Waals surface area contributed by atoms with Crippen molar-refractivity contribution in [2.45, 2.75) is 20.3 Å². The first-order chi connectivity index (χ1) is 9.10. The van der Waals surface area contributed by atoms with Crippen molar-refractivity contribution in [1.82, 2.24) is 0 Å². The molecule has 2 aromatic carbocycles. The molecule has 1 N–H and O–H groups in total. The number of aryl methyl sites for hydroxylation is 2. The van der Waals surface area contributed by atoms with Crippen LogP contribution < -0.4 is 5.32 Å². The Hall–Kier alpha value is -1.36. The Balaban J connectivity index is 2.14. The van der Waals surface area contributed by atoms with E-state index in [1.54, 1.807) is 0 Å². The van der Waals surface area contributed by atoms with Crippen molar-refractivity contribution >= 4 is 34.2 Å². The third kappa shape index (κ3) is 3.56. The highest BCUT2D eigenvalue weighted by molar-refractivity contribution is 14.1. The highest BCUT2D eigenvalue weighted by atomic mass is 127. The summed E-state index contributed by atoms with van der Waals surface area (Å²) in [7, 11) is 0. The molecule has 0 aliphatic rings. The third-order valence-electron chi connectivity index (χ3n) is 3.09. The van der Waals surface area contributed by atoms with E-state index in [0.717, 1.165) is 15.7 Å². The number of rotatable bonds is 3. The lowest BCUT2D eigenvalue weighted by Crippen LogP contribution is -2.12. The average molecular weight is 365 g/mol. The zero-order chi connectivity index (χ0) is 13.8. The largest absolute Gasteiger partial charge is 0.322 e. The molecule has 0 saturated carbocycles.